The van der Waals surface area contributed by atoms with Crippen molar-refractivity contribution < 1.29 is 9.53 Å². The third kappa shape index (κ3) is 6.30. The number of benzene rings is 2. The Balaban J connectivity index is 1.55. The van der Waals surface area contributed by atoms with Gasteiger partial charge in [-0.25, -0.2) is 4.99 Å². The highest BCUT2D eigenvalue weighted by molar-refractivity contribution is 5.81. The van der Waals surface area contributed by atoms with E-state index in [0.29, 0.717) is 19.6 Å². The molecule has 1 aliphatic rings. The Kier molecular flexibility index (Phi) is 7.29. The van der Waals surface area contributed by atoms with E-state index in [2.05, 4.69) is 20.9 Å². The maximum atomic E-state index is 11.7. The lowest BCUT2D eigenvalue weighted by Gasteiger charge is -2.13. The maximum Gasteiger partial charge on any atom is 0.223 e. The van der Waals surface area contributed by atoms with Crippen LogP contribution in [0.25, 0.3) is 0 Å². The van der Waals surface area contributed by atoms with Crippen molar-refractivity contribution in [1.82, 2.24) is 16.0 Å². The predicted molar refractivity (Wildman–Crippen MR) is 112 cm³/mol. The van der Waals surface area contributed by atoms with Gasteiger partial charge in [-0.1, -0.05) is 36.4 Å². The molecule has 1 aliphatic carbocycles. The van der Waals surface area contributed by atoms with Crippen LogP contribution in [0.1, 0.15) is 25.3 Å². The van der Waals surface area contributed by atoms with Crippen LogP contribution in [-0.2, 0) is 11.3 Å². The molecule has 2 aromatic carbocycles. The number of nitrogens with zero attached hydrogens (tertiary/aromatic N) is 1. The van der Waals surface area contributed by atoms with E-state index >= 15 is 0 Å². The predicted octanol–water partition coefficient (Wildman–Crippen LogP) is 3.06. The average molecular weight is 380 g/mol. The number of hydrogen-bond donors (Lipinski definition) is 3. The molecule has 1 amide bonds. The van der Waals surface area contributed by atoms with Gasteiger partial charge in [0.15, 0.2) is 5.96 Å². The second kappa shape index (κ2) is 10.3. The summed E-state index contributed by atoms with van der Waals surface area (Å²) in [6.07, 6.45) is 2.04. The van der Waals surface area contributed by atoms with Crippen LogP contribution >= 0.6 is 0 Å². The highest BCUT2D eigenvalue weighted by atomic mass is 16.5. The summed E-state index contributed by atoms with van der Waals surface area (Å²) < 4.78 is 6.00. The topological polar surface area (TPSA) is 74.8 Å². The zero-order valence-corrected chi connectivity index (χ0v) is 16.3. The molecule has 0 radical (unpaired) electrons. The number of carbonyl (C=O) groups excluding carboxylic acids is 1. The molecule has 1 saturated carbocycles. The molecule has 0 atom stereocenters. The largest absolute Gasteiger partial charge is 0.457 e. The number of hydrogen-bond acceptors (Lipinski definition) is 3. The van der Waals surface area contributed by atoms with Crippen molar-refractivity contribution >= 4 is 11.9 Å². The van der Waals surface area contributed by atoms with Crippen molar-refractivity contribution in [2.45, 2.75) is 26.3 Å². The van der Waals surface area contributed by atoms with Crippen LogP contribution in [0, 0.1) is 5.92 Å². The van der Waals surface area contributed by atoms with E-state index in [-0.39, 0.29) is 11.8 Å². The number of guanidine groups is 1. The summed E-state index contributed by atoms with van der Waals surface area (Å²) in [7, 11) is 0. The molecule has 3 rings (SSSR count). The number of amides is 1. The fourth-order valence-electron chi connectivity index (χ4n) is 2.71. The number of aliphatic imine (C=N–C) groups is 1. The van der Waals surface area contributed by atoms with Gasteiger partial charge in [-0.3, -0.25) is 4.79 Å². The fourth-order valence-corrected chi connectivity index (χ4v) is 2.71. The number of nitrogens with one attached hydrogen (secondary N) is 3. The number of ether oxygens (including phenoxy) is 1. The van der Waals surface area contributed by atoms with E-state index in [1.165, 1.54) is 0 Å². The van der Waals surface area contributed by atoms with Crippen LogP contribution in [0.5, 0.6) is 11.5 Å². The molecule has 2 aromatic rings. The minimum Gasteiger partial charge on any atom is -0.457 e. The Hall–Kier alpha value is -3.02. The highest BCUT2D eigenvalue weighted by Gasteiger charge is 2.28. The molecule has 0 spiro atoms. The molecule has 6 nitrogen and oxygen atoms in total. The first-order valence-electron chi connectivity index (χ1n) is 9.87. The molecule has 1 fully saturated rings. The Morgan fingerprint density at radius 3 is 2.46 bits per heavy atom. The Labute approximate surface area is 166 Å². The van der Waals surface area contributed by atoms with Crippen LogP contribution in [0.3, 0.4) is 0 Å². The van der Waals surface area contributed by atoms with E-state index in [0.717, 1.165) is 42.4 Å². The van der Waals surface area contributed by atoms with Crippen LogP contribution in [-0.4, -0.2) is 31.5 Å². The summed E-state index contributed by atoms with van der Waals surface area (Å²) in [5.41, 5.74) is 1.01. The van der Waals surface area contributed by atoms with Crippen molar-refractivity contribution in [2.75, 3.05) is 19.6 Å². The van der Waals surface area contributed by atoms with E-state index in [1.807, 2.05) is 61.5 Å². The van der Waals surface area contributed by atoms with Crippen LogP contribution in [0.15, 0.2) is 59.6 Å². The van der Waals surface area contributed by atoms with Crippen LogP contribution in [0.2, 0.25) is 0 Å². The van der Waals surface area contributed by atoms with Gasteiger partial charge in [-0.05, 0) is 38.0 Å². The molecule has 0 bridgehead atoms. The summed E-state index contributed by atoms with van der Waals surface area (Å²) in [6.45, 7) is 4.51. The molecular formula is C22H28N4O2. The van der Waals surface area contributed by atoms with Gasteiger partial charge in [0.25, 0.3) is 0 Å². The standard InChI is InChI=1S/C22H28N4O2/c1-2-23-22(25-15-14-24-21(27)17-12-13-17)26-16-18-8-6-7-11-20(18)28-19-9-4-3-5-10-19/h3-11,17H,2,12-16H2,1H3,(H,24,27)(H2,23,25,26). The zero-order valence-electron chi connectivity index (χ0n) is 16.3. The van der Waals surface area contributed by atoms with Gasteiger partial charge in [-0.2, -0.15) is 0 Å². The molecule has 6 heteroatoms. The lowest BCUT2D eigenvalue weighted by molar-refractivity contribution is -0.122. The first kappa shape index (κ1) is 19.7. The van der Waals surface area contributed by atoms with Crippen molar-refractivity contribution in [1.29, 1.82) is 0 Å². The van der Waals surface area contributed by atoms with Crippen molar-refractivity contribution in [3.8, 4) is 11.5 Å². The molecule has 0 aliphatic heterocycles. The smallest absolute Gasteiger partial charge is 0.223 e. The van der Waals surface area contributed by atoms with Gasteiger partial charge >= 0.3 is 0 Å². The molecule has 0 saturated heterocycles. The lowest BCUT2D eigenvalue weighted by atomic mass is 10.2. The lowest BCUT2D eigenvalue weighted by Crippen LogP contribution is -2.41. The van der Waals surface area contributed by atoms with Crippen LogP contribution in [0.4, 0.5) is 0 Å². The monoisotopic (exact) mass is 380 g/mol. The highest BCUT2D eigenvalue weighted by Crippen LogP contribution is 2.28. The summed E-state index contributed by atoms with van der Waals surface area (Å²) in [6, 6.07) is 17.6. The van der Waals surface area contributed by atoms with Gasteiger partial charge in [0.2, 0.25) is 5.91 Å². The van der Waals surface area contributed by atoms with Crippen molar-refractivity contribution in [3.05, 3.63) is 60.2 Å². The zero-order chi connectivity index (χ0) is 19.6. The summed E-state index contributed by atoms with van der Waals surface area (Å²) in [5.74, 6) is 2.72. The van der Waals surface area contributed by atoms with E-state index in [9.17, 15) is 4.79 Å². The van der Waals surface area contributed by atoms with Crippen molar-refractivity contribution in [3.63, 3.8) is 0 Å². The molecular weight excluding hydrogens is 352 g/mol. The van der Waals surface area contributed by atoms with Gasteiger partial charge in [0.05, 0.1) is 6.54 Å². The SMILES string of the molecule is CCNC(=NCc1ccccc1Oc1ccccc1)NCCNC(=O)C1CC1. The van der Waals surface area contributed by atoms with E-state index < -0.39 is 0 Å². The average Bonchev–Trinajstić information content (AvgIpc) is 3.56. The second-order valence-corrected chi connectivity index (χ2v) is 6.71. The Bertz CT molecular complexity index is 788. The van der Waals surface area contributed by atoms with E-state index in [1.54, 1.807) is 0 Å². The fraction of sp³-hybridized carbons (Fsp3) is 0.364. The Morgan fingerprint density at radius 2 is 1.71 bits per heavy atom. The summed E-state index contributed by atoms with van der Waals surface area (Å²) in [4.78, 5) is 16.3. The molecule has 3 N–H and O–H groups in total. The van der Waals surface area contributed by atoms with E-state index in [4.69, 9.17) is 4.74 Å². The number of para-hydroxylation sites is 2. The van der Waals surface area contributed by atoms with Gasteiger partial charge in [-0.15, -0.1) is 0 Å². The molecule has 0 heterocycles. The quantitative estimate of drug-likeness (QED) is 0.355. The normalized spacial score (nSPS) is 13.7. The third-order valence-corrected chi connectivity index (χ3v) is 4.36. The Morgan fingerprint density at radius 1 is 1.00 bits per heavy atom. The maximum absolute atomic E-state index is 11.7. The number of rotatable bonds is 9. The molecule has 148 valence electrons. The molecule has 0 unspecified atom stereocenters. The van der Waals surface area contributed by atoms with Gasteiger partial charge in [0.1, 0.15) is 11.5 Å². The van der Waals surface area contributed by atoms with Gasteiger partial charge < -0.3 is 20.7 Å². The van der Waals surface area contributed by atoms with Crippen molar-refractivity contribution in [2.24, 2.45) is 10.9 Å². The molecule has 28 heavy (non-hydrogen) atoms. The summed E-state index contributed by atoms with van der Waals surface area (Å²) >= 11 is 0. The first-order chi connectivity index (χ1) is 13.8. The van der Waals surface area contributed by atoms with Crippen LogP contribution < -0.4 is 20.7 Å². The second-order valence-electron chi connectivity index (χ2n) is 6.71. The third-order valence-electron chi connectivity index (χ3n) is 4.36. The van der Waals surface area contributed by atoms with Gasteiger partial charge in [0, 0.05) is 31.1 Å². The first-order valence-corrected chi connectivity index (χ1v) is 9.87. The molecule has 0 aromatic heterocycles. The number of carbonyl (C=O) groups is 1. The summed E-state index contributed by atoms with van der Waals surface area (Å²) in [5, 5.41) is 9.44. The minimum atomic E-state index is 0.163. The minimum absolute atomic E-state index is 0.163.